The summed E-state index contributed by atoms with van der Waals surface area (Å²) in [4.78, 5) is 30.0. The van der Waals surface area contributed by atoms with Crippen LogP contribution in [-0.4, -0.2) is 34.9 Å². The number of fused-ring (bicyclic) bond motifs is 1. The van der Waals surface area contributed by atoms with E-state index in [1.54, 1.807) is 4.90 Å². The number of aromatic nitrogens is 1. The molecule has 0 bridgehead atoms. The third kappa shape index (κ3) is 3.06. The topological polar surface area (TPSA) is 79.2 Å². The number of pyridine rings is 1. The van der Waals surface area contributed by atoms with Gasteiger partial charge in [0, 0.05) is 30.0 Å². The highest BCUT2D eigenvalue weighted by atomic mass is 35.5. The Balaban J connectivity index is 0.00000208. The third-order valence-electron chi connectivity index (χ3n) is 4.99. The maximum atomic E-state index is 12.9. The van der Waals surface area contributed by atoms with Gasteiger partial charge in [0.15, 0.2) is 0 Å². The van der Waals surface area contributed by atoms with Gasteiger partial charge in [0.05, 0.1) is 0 Å². The van der Waals surface area contributed by atoms with E-state index in [4.69, 9.17) is 5.73 Å². The fourth-order valence-electron chi connectivity index (χ4n) is 3.37. The molecule has 0 aliphatic carbocycles. The lowest BCUT2D eigenvalue weighted by Crippen LogP contribution is -2.54. The number of piperidine rings is 1. The predicted molar refractivity (Wildman–Crippen MR) is 98.8 cm³/mol. The first-order chi connectivity index (χ1) is 10.8. The Hall–Kier alpha value is -1.85. The van der Waals surface area contributed by atoms with Crippen LogP contribution in [0.5, 0.6) is 0 Å². The molecular formula is C18H24ClN3O2. The molecule has 6 heteroatoms. The molecule has 130 valence electrons. The number of likely N-dealkylation sites (tertiary alicyclic amines) is 1. The molecule has 3 N–H and O–H groups in total. The van der Waals surface area contributed by atoms with Gasteiger partial charge in [-0.2, -0.15) is 0 Å². The number of amides is 1. The van der Waals surface area contributed by atoms with E-state index in [2.05, 4.69) is 18.8 Å². The van der Waals surface area contributed by atoms with E-state index in [1.165, 1.54) is 0 Å². The Bertz CT molecular complexity index is 829. The van der Waals surface area contributed by atoms with Crippen LogP contribution < -0.4 is 11.3 Å². The van der Waals surface area contributed by atoms with E-state index in [0.29, 0.717) is 13.1 Å². The molecule has 2 heterocycles. The van der Waals surface area contributed by atoms with Gasteiger partial charge in [-0.25, -0.2) is 0 Å². The van der Waals surface area contributed by atoms with Crippen molar-refractivity contribution in [3.05, 3.63) is 45.7 Å². The molecule has 1 aliphatic rings. The molecule has 1 fully saturated rings. The predicted octanol–water partition coefficient (Wildman–Crippen LogP) is 2.46. The van der Waals surface area contributed by atoms with Gasteiger partial charge in [-0.3, -0.25) is 9.59 Å². The van der Waals surface area contributed by atoms with Crippen molar-refractivity contribution < 1.29 is 4.79 Å². The average Bonchev–Trinajstić information content (AvgIpc) is 2.49. The van der Waals surface area contributed by atoms with Crippen molar-refractivity contribution in [2.45, 2.75) is 33.2 Å². The number of para-hydroxylation sites is 1. The van der Waals surface area contributed by atoms with Crippen LogP contribution in [0.4, 0.5) is 0 Å². The van der Waals surface area contributed by atoms with Crippen molar-refractivity contribution in [3.8, 4) is 0 Å². The fraction of sp³-hybridized carbons (Fsp3) is 0.444. The molecule has 1 aromatic heterocycles. The molecule has 0 spiro atoms. The van der Waals surface area contributed by atoms with Crippen molar-refractivity contribution in [2.75, 3.05) is 13.1 Å². The second kappa shape index (κ2) is 6.57. The highest BCUT2D eigenvalue weighted by molar-refractivity contribution is 5.99. The standard InChI is InChI=1S/C18H23N3O2.ClH/c1-11-12-6-4-5-7-13(12)20-16(22)15(11)17(23)21-9-8-14(19)18(2,3)10-21;/h4-7,14H,8-10,19H2,1-3H3,(H,20,22);1H. The van der Waals surface area contributed by atoms with Crippen molar-refractivity contribution in [1.29, 1.82) is 0 Å². The van der Waals surface area contributed by atoms with Crippen LogP contribution >= 0.6 is 12.4 Å². The summed E-state index contributed by atoms with van der Waals surface area (Å²) >= 11 is 0. The number of carbonyl (C=O) groups excluding carboxylic acids is 1. The summed E-state index contributed by atoms with van der Waals surface area (Å²) in [6.07, 6.45) is 0.753. The largest absolute Gasteiger partial charge is 0.338 e. The number of aryl methyl sites for hydroxylation is 1. The SMILES string of the molecule is Cc1c(C(=O)N2CCC(N)C(C)(C)C2)c(=O)[nH]c2ccccc12.Cl. The minimum atomic E-state index is -0.320. The second-order valence-corrected chi connectivity index (χ2v) is 7.11. The van der Waals surface area contributed by atoms with E-state index in [0.717, 1.165) is 22.9 Å². The number of nitrogens with two attached hydrogens (primary N) is 1. The van der Waals surface area contributed by atoms with E-state index in [1.807, 2.05) is 31.2 Å². The smallest absolute Gasteiger partial charge is 0.261 e. The number of hydrogen-bond donors (Lipinski definition) is 2. The van der Waals surface area contributed by atoms with E-state index >= 15 is 0 Å². The third-order valence-corrected chi connectivity index (χ3v) is 4.99. The summed E-state index contributed by atoms with van der Waals surface area (Å²) < 4.78 is 0. The van der Waals surface area contributed by atoms with Crippen molar-refractivity contribution in [2.24, 2.45) is 11.1 Å². The molecule has 3 rings (SSSR count). The Morgan fingerprint density at radius 3 is 2.67 bits per heavy atom. The number of rotatable bonds is 1. The molecule has 0 saturated carbocycles. The molecule has 2 aromatic rings. The summed E-state index contributed by atoms with van der Waals surface area (Å²) in [6, 6.07) is 7.62. The van der Waals surface area contributed by atoms with Gasteiger partial charge < -0.3 is 15.6 Å². The summed E-state index contributed by atoms with van der Waals surface area (Å²) in [5.41, 5.74) is 7.41. The molecule has 1 aromatic carbocycles. The van der Waals surface area contributed by atoms with Crippen LogP contribution in [0, 0.1) is 12.3 Å². The number of H-pyrrole nitrogens is 1. The van der Waals surface area contributed by atoms with Crippen LogP contribution in [0.25, 0.3) is 10.9 Å². The summed E-state index contributed by atoms with van der Waals surface area (Å²) in [5.74, 6) is -0.200. The fourth-order valence-corrected chi connectivity index (χ4v) is 3.37. The minimum absolute atomic E-state index is 0. The normalized spacial score (nSPS) is 19.8. The monoisotopic (exact) mass is 349 g/mol. The highest BCUT2D eigenvalue weighted by Crippen LogP contribution is 2.29. The second-order valence-electron chi connectivity index (χ2n) is 7.11. The first-order valence-corrected chi connectivity index (χ1v) is 7.98. The number of benzene rings is 1. The number of carbonyl (C=O) groups is 1. The Morgan fingerprint density at radius 2 is 2.00 bits per heavy atom. The van der Waals surface area contributed by atoms with E-state index in [9.17, 15) is 9.59 Å². The zero-order chi connectivity index (χ0) is 16.8. The molecular weight excluding hydrogens is 326 g/mol. The summed E-state index contributed by atoms with van der Waals surface area (Å²) in [7, 11) is 0. The lowest BCUT2D eigenvalue weighted by Gasteiger charge is -2.42. The first kappa shape index (κ1) is 18.5. The number of aromatic amines is 1. The Kier molecular flexibility index (Phi) is 5.06. The van der Waals surface area contributed by atoms with Gasteiger partial charge in [0.1, 0.15) is 5.56 Å². The van der Waals surface area contributed by atoms with Crippen LogP contribution in [0.1, 0.15) is 36.2 Å². The summed E-state index contributed by atoms with van der Waals surface area (Å²) in [6.45, 7) is 7.13. The van der Waals surface area contributed by atoms with Gasteiger partial charge in [0.2, 0.25) is 0 Å². The van der Waals surface area contributed by atoms with Crippen LogP contribution in [0.15, 0.2) is 29.1 Å². The van der Waals surface area contributed by atoms with Gasteiger partial charge in [-0.15, -0.1) is 12.4 Å². The average molecular weight is 350 g/mol. The molecule has 1 amide bonds. The molecule has 24 heavy (non-hydrogen) atoms. The lowest BCUT2D eigenvalue weighted by atomic mass is 9.79. The van der Waals surface area contributed by atoms with Crippen molar-refractivity contribution in [1.82, 2.24) is 9.88 Å². The highest BCUT2D eigenvalue weighted by Gasteiger charge is 2.36. The van der Waals surface area contributed by atoms with Gasteiger partial charge in [-0.1, -0.05) is 32.0 Å². The van der Waals surface area contributed by atoms with Gasteiger partial charge >= 0.3 is 0 Å². The van der Waals surface area contributed by atoms with E-state index in [-0.39, 0.29) is 40.9 Å². The maximum absolute atomic E-state index is 12.9. The number of nitrogens with one attached hydrogen (secondary N) is 1. The molecule has 0 radical (unpaired) electrons. The number of halogens is 1. The molecule has 1 saturated heterocycles. The van der Waals surface area contributed by atoms with Gasteiger partial charge in [0.25, 0.3) is 11.5 Å². The van der Waals surface area contributed by atoms with Gasteiger partial charge in [-0.05, 0) is 30.4 Å². The first-order valence-electron chi connectivity index (χ1n) is 7.98. The van der Waals surface area contributed by atoms with Crippen molar-refractivity contribution in [3.63, 3.8) is 0 Å². The quantitative estimate of drug-likeness (QED) is 0.830. The Morgan fingerprint density at radius 1 is 1.33 bits per heavy atom. The van der Waals surface area contributed by atoms with Crippen LogP contribution in [0.2, 0.25) is 0 Å². The lowest BCUT2D eigenvalue weighted by molar-refractivity contribution is 0.0531. The molecule has 1 aliphatic heterocycles. The van der Waals surface area contributed by atoms with E-state index < -0.39 is 0 Å². The molecule has 5 nitrogen and oxygen atoms in total. The summed E-state index contributed by atoms with van der Waals surface area (Å²) in [5, 5.41) is 0.906. The Labute approximate surface area is 147 Å². The van der Waals surface area contributed by atoms with Crippen LogP contribution in [0.3, 0.4) is 0 Å². The minimum Gasteiger partial charge on any atom is -0.338 e. The molecule has 1 atom stereocenters. The van der Waals surface area contributed by atoms with Crippen molar-refractivity contribution >= 4 is 29.2 Å². The molecule has 1 unspecified atom stereocenters. The van der Waals surface area contributed by atoms with Crippen LogP contribution in [-0.2, 0) is 0 Å². The number of nitrogens with zero attached hydrogens (tertiary/aromatic N) is 1. The number of hydrogen-bond acceptors (Lipinski definition) is 3. The zero-order valence-corrected chi connectivity index (χ0v) is 15.1. The zero-order valence-electron chi connectivity index (χ0n) is 14.3. The maximum Gasteiger partial charge on any atom is 0.261 e.